The van der Waals surface area contributed by atoms with Crippen molar-refractivity contribution in [2.24, 2.45) is 0 Å². The molecule has 41 heavy (non-hydrogen) atoms. The number of hydrogen-bond donors (Lipinski definition) is 3. The summed E-state index contributed by atoms with van der Waals surface area (Å²) in [4.78, 5) is -0.200. The molecule has 0 aliphatic carbocycles. The molecule has 3 rings (SSSR count). The zero-order valence-corrected chi connectivity index (χ0v) is 26.6. The monoisotopic (exact) mass is 630 g/mol. The quantitative estimate of drug-likeness (QED) is 0.174. The maximum absolute atomic E-state index is 10.5. The molecule has 0 aliphatic heterocycles. The summed E-state index contributed by atoms with van der Waals surface area (Å²) in [5.41, 5.74) is 2.87. The predicted octanol–water partition coefficient (Wildman–Crippen LogP) is 7.09. The van der Waals surface area contributed by atoms with Crippen LogP contribution in [0.1, 0.15) is 69.1 Å². The Morgan fingerprint density at radius 2 is 0.610 bits per heavy atom. The third-order valence-electron chi connectivity index (χ3n) is 5.41. The van der Waals surface area contributed by atoms with E-state index >= 15 is 0 Å². The van der Waals surface area contributed by atoms with Gasteiger partial charge in [-0.3, -0.25) is 13.7 Å². The zero-order valence-electron chi connectivity index (χ0n) is 24.2. The molecule has 0 radical (unpaired) electrons. The first-order chi connectivity index (χ1) is 18.9. The number of benzene rings is 3. The Bertz CT molecular complexity index is 1280. The van der Waals surface area contributed by atoms with Crippen LogP contribution in [0.4, 0.5) is 0 Å². The van der Waals surface area contributed by atoms with E-state index in [9.17, 15) is 25.3 Å². The number of aryl methyl sites for hydroxylation is 3. The van der Waals surface area contributed by atoms with E-state index in [1.165, 1.54) is 74.9 Å². The first-order valence-corrected chi connectivity index (χ1v) is 17.4. The standard InChI is InChI=1S/C8H18.3C7H8O3S/c1-3-5-7-8-6-4-2;3*1-6-2-4-7(5-3-6)11(8,9)10/h3-8H2,1-2H3;3*2-5H,1H3,(H,8,9,10). The Hall–Kier alpha value is -2.61. The van der Waals surface area contributed by atoms with Crippen molar-refractivity contribution in [3.05, 3.63) is 89.5 Å². The van der Waals surface area contributed by atoms with Gasteiger partial charge in [-0.1, -0.05) is 105 Å². The number of unbranched alkanes of at least 4 members (excludes halogenated alkanes) is 5. The third kappa shape index (κ3) is 18.4. The molecule has 0 spiro atoms. The highest BCUT2D eigenvalue weighted by molar-refractivity contribution is 7.86. The second-order valence-corrected chi connectivity index (χ2v) is 13.5. The molecule has 3 aromatic carbocycles. The Morgan fingerprint density at radius 3 is 0.756 bits per heavy atom. The van der Waals surface area contributed by atoms with E-state index in [2.05, 4.69) is 13.8 Å². The molecule has 0 fully saturated rings. The molecule has 0 saturated heterocycles. The van der Waals surface area contributed by atoms with Crippen molar-refractivity contribution in [2.45, 2.75) is 87.8 Å². The van der Waals surface area contributed by atoms with E-state index in [0.29, 0.717) is 0 Å². The molecule has 0 aliphatic rings. The summed E-state index contributed by atoms with van der Waals surface area (Å²) in [7, 11) is -12.1. The number of hydrogen-bond acceptors (Lipinski definition) is 6. The lowest BCUT2D eigenvalue weighted by Gasteiger charge is -1.95. The van der Waals surface area contributed by atoms with Gasteiger partial charge in [-0.15, -0.1) is 0 Å². The lowest BCUT2D eigenvalue weighted by Crippen LogP contribution is -1.96. The summed E-state index contributed by atoms with van der Waals surface area (Å²) < 4.78 is 88.7. The molecule has 0 bridgehead atoms. The largest absolute Gasteiger partial charge is 0.294 e. The van der Waals surface area contributed by atoms with Crippen molar-refractivity contribution in [1.29, 1.82) is 0 Å². The topological polar surface area (TPSA) is 163 Å². The van der Waals surface area contributed by atoms with Crippen LogP contribution in [-0.4, -0.2) is 38.9 Å². The minimum atomic E-state index is -4.02. The van der Waals surface area contributed by atoms with Crippen LogP contribution in [0.25, 0.3) is 0 Å². The maximum Gasteiger partial charge on any atom is 0.294 e. The summed E-state index contributed by atoms with van der Waals surface area (Å²) in [5.74, 6) is 0. The maximum atomic E-state index is 10.5. The van der Waals surface area contributed by atoms with E-state index in [1.807, 2.05) is 20.8 Å². The Labute approximate surface area is 245 Å². The minimum Gasteiger partial charge on any atom is -0.282 e. The van der Waals surface area contributed by atoms with Gasteiger partial charge in [0.25, 0.3) is 30.4 Å². The third-order valence-corrected chi connectivity index (χ3v) is 8.02. The van der Waals surface area contributed by atoms with E-state index in [0.717, 1.165) is 16.7 Å². The fourth-order valence-electron chi connectivity index (χ4n) is 2.98. The van der Waals surface area contributed by atoms with Crippen molar-refractivity contribution >= 4 is 30.4 Å². The van der Waals surface area contributed by atoms with E-state index in [4.69, 9.17) is 13.7 Å². The summed E-state index contributed by atoms with van der Waals surface area (Å²) in [6, 6.07) is 18.0. The normalized spacial score (nSPS) is 11.1. The van der Waals surface area contributed by atoms with Gasteiger partial charge in [-0.2, -0.15) is 25.3 Å². The second-order valence-electron chi connectivity index (χ2n) is 9.28. The van der Waals surface area contributed by atoms with Crippen molar-refractivity contribution < 1.29 is 38.9 Å². The van der Waals surface area contributed by atoms with Crippen LogP contribution in [0.15, 0.2) is 87.5 Å². The van der Waals surface area contributed by atoms with E-state index in [1.54, 1.807) is 36.4 Å². The molecule has 230 valence electrons. The van der Waals surface area contributed by atoms with Gasteiger partial charge >= 0.3 is 0 Å². The van der Waals surface area contributed by atoms with Crippen LogP contribution >= 0.6 is 0 Å². The molecule has 12 heteroatoms. The minimum absolute atomic E-state index is 0.0666. The van der Waals surface area contributed by atoms with Crippen molar-refractivity contribution in [1.82, 2.24) is 0 Å². The molecule has 9 nitrogen and oxygen atoms in total. The second kappa shape index (κ2) is 18.7. The van der Waals surface area contributed by atoms with Gasteiger partial charge in [0.15, 0.2) is 0 Å². The average molecular weight is 631 g/mol. The molecular weight excluding hydrogens is 589 g/mol. The fraction of sp³-hybridized carbons (Fsp3) is 0.379. The van der Waals surface area contributed by atoms with Crippen molar-refractivity contribution in [3.63, 3.8) is 0 Å². The smallest absolute Gasteiger partial charge is 0.282 e. The van der Waals surface area contributed by atoms with Gasteiger partial charge in [-0.25, -0.2) is 0 Å². The van der Waals surface area contributed by atoms with Crippen LogP contribution in [0.3, 0.4) is 0 Å². The lowest BCUT2D eigenvalue weighted by molar-refractivity contribution is 0.481. The van der Waals surface area contributed by atoms with Gasteiger partial charge in [0, 0.05) is 0 Å². The first-order valence-electron chi connectivity index (χ1n) is 13.0. The van der Waals surface area contributed by atoms with Crippen LogP contribution in [0.2, 0.25) is 0 Å². The molecule has 0 amide bonds. The van der Waals surface area contributed by atoms with E-state index in [-0.39, 0.29) is 14.7 Å². The zero-order chi connectivity index (χ0) is 31.7. The predicted molar refractivity (Wildman–Crippen MR) is 162 cm³/mol. The molecule has 0 unspecified atom stereocenters. The summed E-state index contributed by atoms with van der Waals surface area (Å²) in [6.45, 7) is 10.0. The van der Waals surface area contributed by atoms with Crippen LogP contribution in [0, 0.1) is 20.8 Å². The molecule has 0 saturated carbocycles. The van der Waals surface area contributed by atoms with Crippen LogP contribution in [-0.2, 0) is 30.4 Å². The summed E-state index contributed by atoms with van der Waals surface area (Å²) in [5, 5.41) is 0. The lowest BCUT2D eigenvalue weighted by atomic mass is 10.1. The highest BCUT2D eigenvalue weighted by Gasteiger charge is 2.08. The fourth-order valence-corrected chi connectivity index (χ4v) is 4.42. The van der Waals surface area contributed by atoms with Gasteiger partial charge in [0.1, 0.15) is 0 Å². The average Bonchev–Trinajstić information content (AvgIpc) is 2.87. The van der Waals surface area contributed by atoms with E-state index < -0.39 is 30.4 Å². The van der Waals surface area contributed by atoms with Crippen molar-refractivity contribution in [3.8, 4) is 0 Å². The van der Waals surface area contributed by atoms with Gasteiger partial charge in [0.05, 0.1) is 14.7 Å². The molecule has 3 N–H and O–H groups in total. The molecule has 0 heterocycles. The van der Waals surface area contributed by atoms with Crippen LogP contribution < -0.4 is 0 Å². The van der Waals surface area contributed by atoms with Crippen molar-refractivity contribution in [2.75, 3.05) is 0 Å². The van der Waals surface area contributed by atoms with Gasteiger partial charge in [0.2, 0.25) is 0 Å². The highest BCUT2D eigenvalue weighted by atomic mass is 32.2. The number of rotatable bonds is 8. The van der Waals surface area contributed by atoms with Gasteiger partial charge in [-0.05, 0) is 57.2 Å². The molecule has 3 aromatic rings. The highest BCUT2D eigenvalue weighted by Crippen LogP contribution is 2.10. The molecule has 0 aromatic heterocycles. The molecule has 0 atom stereocenters. The Kier molecular flexibility index (Phi) is 17.6. The summed E-state index contributed by atoms with van der Waals surface area (Å²) in [6.07, 6.45) is 8.49. The van der Waals surface area contributed by atoms with Gasteiger partial charge < -0.3 is 0 Å². The molecular formula is C29H42O9S3. The first kappa shape index (κ1) is 38.4. The van der Waals surface area contributed by atoms with Crippen LogP contribution in [0.5, 0.6) is 0 Å². The Morgan fingerprint density at radius 1 is 0.415 bits per heavy atom. The summed E-state index contributed by atoms with van der Waals surface area (Å²) >= 11 is 0. The Balaban J connectivity index is 0.000000525. The SMILES string of the molecule is CCCCCCCC.Cc1ccc(S(=O)(=O)O)cc1.Cc1ccc(S(=O)(=O)O)cc1.Cc1ccc(S(=O)(=O)O)cc1.